The van der Waals surface area contributed by atoms with Crippen molar-refractivity contribution in [3.8, 4) is 0 Å². The highest BCUT2D eigenvalue weighted by Gasteiger charge is 2.32. The SMILES string of the molecule is CC1CCCN(C(=O)c2cc(F)cc([N+](=O)[O-])c2)C1CN. The van der Waals surface area contributed by atoms with Gasteiger partial charge in [-0.05, 0) is 24.8 Å². The number of benzene rings is 1. The summed E-state index contributed by atoms with van der Waals surface area (Å²) in [7, 11) is 0. The van der Waals surface area contributed by atoms with Crippen LogP contribution in [0.4, 0.5) is 10.1 Å². The highest BCUT2D eigenvalue weighted by Crippen LogP contribution is 2.25. The number of hydrogen-bond donors (Lipinski definition) is 1. The minimum Gasteiger partial charge on any atom is -0.334 e. The number of nitro benzene ring substituents is 1. The lowest BCUT2D eigenvalue weighted by molar-refractivity contribution is -0.385. The van der Waals surface area contributed by atoms with Crippen LogP contribution in [-0.4, -0.2) is 34.9 Å². The molecule has 1 aliphatic heterocycles. The van der Waals surface area contributed by atoms with Gasteiger partial charge in [0.2, 0.25) is 0 Å². The highest BCUT2D eigenvalue weighted by atomic mass is 19.1. The molecule has 0 aliphatic carbocycles. The van der Waals surface area contributed by atoms with Gasteiger partial charge >= 0.3 is 0 Å². The van der Waals surface area contributed by atoms with Crippen molar-refractivity contribution in [2.75, 3.05) is 13.1 Å². The first-order valence-electron chi connectivity index (χ1n) is 6.90. The molecule has 2 atom stereocenters. The van der Waals surface area contributed by atoms with Gasteiger partial charge in [0.15, 0.2) is 0 Å². The molecule has 1 amide bonds. The lowest BCUT2D eigenvalue weighted by Crippen LogP contribution is -2.51. The van der Waals surface area contributed by atoms with Crippen molar-refractivity contribution in [3.63, 3.8) is 0 Å². The van der Waals surface area contributed by atoms with Crippen molar-refractivity contribution in [3.05, 3.63) is 39.7 Å². The third kappa shape index (κ3) is 3.18. The molecule has 1 aromatic carbocycles. The highest BCUT2D eigenvalue weighted by molar-refractivity contribution is 5.95. The molecule has 1 heterocycles. The number of hydrogen-bond acceptors (Lipinski definition) is 4. The van der Waals surface area contributed by atoms with Gasteiger partial charge in [0.1, 0.15) is 5.82 Å². The van der Waals surface area contributed by atoms with Crippen LogP contribution in [0.1, 0.15) is 30.1 Å². The first kappa shape index (κ1) is 15.4. The number of nitrogens with two attached hydrogens (primary N) is 1. The first-order chi connectivity index (χ1) is 9.93. The van der Waals surface area contributed by atoms with Crippen molar-refractivity contribution in [1.29, 1.82) is 0 Å². The van der Waals surface area contributed by atoms with E-state index in [9.17, 15) is 19.3 Å². The van der Waals surface area contributed by atoms with Gasteiger partial charge in [0, 0.05) is 30.8 Å². The van der Waals surface area contributed by atoms with Crippen LogP contribution in [0.2, 0.25) is 0 Å². The number of halogens is 1. The minimum absolute atomic E-state index is 0.00532. The van der Waals surface area contributed by atoms with Crippen LogP contribution in [0.3, 0.4) is 0 Å². The maximum Gasteiger partial charge on any atom is 0.273 e. The summed E-state index contributed by atoms with van der Waals surface area (Å²) < 4.78 is 13.5. The molecule has 2 N–H and O–H groups in total. The number of nitrogens with zero attached hydrogens (tertiary/aromatic N) is 2. The fourth-order valence-corrected chi connectivity index (χ4v) is 2.83. The molecule has 1 fully saturated rings. The molecule has 0 spiro atoms. The number of amides is 1. The van der Waals surface area contributed by atoms with Gasteiger partial charge in [0.25, 0.3) is 11.6 Å². The maximum absolute atomic E-state index is 13.5. The second-order valence-electron chi connectivity index (χ2n) is 5.38. The molecule has 0 bridgehead atoms. The van der Waals surface area contributed by atoms with Crippen molar-refractivity contribution < 1.29 is 14.1 Å². The van der Waals surface area contributed by atoms with Gasteiger partial charge in [-0.2, -0.15) is 0 Å². The predicted octanol–water partition coefficient (Wildman–Crippen LogP) is 1.93. The number of piperidine rings is 1. The summed E-state index contributed by atoms with van der Waals surface area (Å²) in [4.78, 5) is 24.2. The van der Waals surface area contributed by atoms with Gasteiger partial charge in [-0.3, -0.25) is 14.9 Å². The van der Waals surface area contributed by atoms with Crippen molar-refractivity contribution in [2.24, 2.45) is 11.7 Å². The smallest absolute Gasteiger partial charge is 0.273 e. The summed E-state index contributed by atoms with van der Waals surface area (Å²) in [5.74, 6) is -0.933. The zero-order chi connectivity index (χ0) is 15.6. The molecule has 0 radical (unpaired) electrons. The van der Waals surface area contributed by atoms with E-state index in [4.69, 9.17) is 5.73 Å². The van der Waals surface area contributed by atoms with Crippen LogP contribution in [0.25, 0.3) is 0 Å². The zero-order valence-electron chi connectivity index (χ0n) is 11.8. The van der Waals surface area contributed by atoms with E-state index in [2.05, 4.69) is 0 Å². The first-order valence-corrected chi connectivity index (χ1v) is 6.90. The molecular formula is C14H18FN3O3. The zero-order valence-corrected chi connectivity index (χ0v) is 11.8. The molecular weight excluding hydrogens is 277 g/mol. The van der Waals surface area contributed by atoms with Gasteiger partial charge in [-0.25, -0.2) is 4.39 Å². The summed E-state index contributed by atoms with van der Waals surface area (Å²) in [6.45, 7) is 2.88. The Balaban J connectivity index is 2.32. The van der Waals surface area contributed by atoms with Crippen molar-refractivity contribution >= 4 is 11.6 Å². The van der Waals surface area contributed by atoms with E-state index in [-0.39, 0.29) is 17.5 Å². The molecule has 0 saturated carbocycles. The van der Waals surface area contributed by atoms with Gasteiger partial charge < -0.3 is 10.6 Å². The van der Waals surface area contributed by atoms with Crippen LogP contribution < -0.4 is 5.73 Å². The van der Waals surface area contributed by atoms with E-state index in [1.54, 1.807) is 4.90 Å². The van der Waals surface area contributed by atoms with E-state index < -0.39 is 22.3 Å². The number of nitro groups is 1. The lowest BCUT2D eigenvalue weighted by atomic mass is 9.90. The van der Waals surface area contributed by atoms with E-state index in [1.807, 2.05) is 6.92 Å². The summed E-state index contributed by atoms with van der Waals surface area (Å²) >= 11 is 0. The van der Waals surface area contributed by atoms with Gasteiger partial charge in [0.05, 0.1) is 11.0 Å². The Labute approximate surface area is 121 Å². The molecule has 114 valence electrons. The Hall–Kier alpha value is -2.02. The third-order valence-corrected chi connectivity index (χ3v) is 3.96. The van der Waals surface area contributed by atoms with Crippen LogP contribution in [0.15, 0.2) is 18.2 Å². The fraction of sp³-hybridized carbons (Fsp3) is 0.500. The number of carbonyl (C=O) groups is 1. The molecule has 1 aromatic rings. The number of carbonyl (C=O) groups excluding carboxylic acids is 1. The monoisotopic (exact) mass is 295 g/mol. The van der Waals surface area contributed by atoms with E-state index in [1.165, 1.54) is 0 Å². The molecule has 2 rings (SSSR count). The average Bonchev–Trinajstić information content (AvgIpc) is 2.45. The quantitative estimate of drug-likeness (QED) is 0.681. The second kappa shape index (κ2) is 6.17. The number of likely N-dealkylation sites (tertiary alicyclic amines) is 1. The summed E-state index contributed by atoms with van der Waals surface area (Å²) in [5.41, 5.74) is 5.30. The fourth-order valence-electron chi connectivity index (χ4n) is 2.83. The maximum atomic E-state index is 13.5. The summed E-state index contributed by atoms with van der Waals surface area (Å²) in [5, 5.41) is 10.8. The topological polar surface area (TPSA) is 89.5 Å². The molecule has 2 unspecified atom stereocenters. The van der Waals surface area contributed by atoms with Crippen LogP contribution >= 0.6 is 0 Å². The van der Waals surface area contributed by atoms with E-state index in [0.717, 1.165) is 31.0 Å². The van der Waals surface area contributed by atoms with Crippen molar-refractivity contribution in [1.82, 2.24) is 4.90 Å². The number of rotatable bonds is 3. The Kier molecular flexibility index (Phi) is 4.52. The molecule has 7 heteroatoms. The Morgan fingerprint density at radius 2 is 2.24 bits per heavy atom. The van der Waals surface area contributed by atoms with E-state index in [0.29, 0.717) is 13.1 Å². The van der Waals surface area contributed by atoms with E-state index >= 15 is 0 Å². The van der Waals surface area contributed by atoms with Crippen LogP contribution in [0, 0.1) is 21.8 Å². The molecule has 1 aliphatic rings. The largest absolute Gasteiger partial charge is 0.334 e. The van der Waals surface area contributed by atoms with Gasteiger partial charge in [-0.1, -0.05) is 6.92 Å². The summed E-state index contributed by atoms with van der Waals surface area (Å²) in [6.07, 6.45) is 1.83. The van der Waals surface area contributed by atoms with Crippen LogP contribution in [0.5, 0.6) is 0 Å². The Bertz CT molecular complexity index is 564. The standard InChI is InChI=1S/C14H18FN3O3/c1-9-3-2-4-17(13(9)8-16)14(19)10-5-11(15)7-12(6-10)18(20)21/h5-7,9,13H,2-4,8,16H2,1H3. The van der Waals surface area contributed by atoms with Crippen molar-refractivity contribution in [2.45, 2.75) is 25.8 Å². The molecule has 0 aromatic heterocycles. The lowest BCUT2D eigenvalue weighted by Gasteiger charge is -2.39. The second-order valence-corrected chi connectivity index (χ2v) is 5.38. The van der Waals surface area contributed by atoms with Crippen LogP contribution in [-0.2, 0) is 0 Å². The minimum atomic E-state index is -0.790. The molecule has 6 nitrogen and oxygen atoms in total. The Morgan fingerprint density at radius 1 is 1.52 bits per heavy atom. The number of non-ortho nitro benzene ring substituents is 1. The Morgan fingerprint density at radius 3 is 2.86 bits per heavy atom. The predicted molar refractivity (Wildman–Crippen MR) is 75.3 cm³/mol. The van der Waals surface area contributed by atoms with Gasteiger partial charge in [-0.15, -0.1) is 0 Å². The molecule has 21 heavy (non-hydrogen) atoms. The average molecular weight is 295 g/mol. The normalized spacial score (nSPS) is 22.1. The summed E-state index contributed by atoms with van der Waals surface area (Å²) in [6, 6.07) is 2.82. The molecule has 1 saturated heterocycles. The third-order valence-electron chi connectivity index (χ3n) is 3.96.